The second-order valence-corrected chi connectivity index (χ2v) is 4.97. The molecule has 0 aliphatic rings. The van der Waals surface area contributed by atoms with Crippen LogP contribution in [0.2, 0.25) is 0 Å². The number of hydrogen-bond acceptors (Lipinski definition) is 5. The fourth-order valence-corrected chi connectivity index (χ4v) is 1.98. The quantitative estimate of drug-likeness (QED) is 0.649. The minimum absolute atomic E-state index is 0.00617. The first kappa shape index (κ1) is 17.3. The van der Waals surface area contributed by atoms with Crippen molar-refractivity contribution in [1.82, 2.24) is 0 Å². The number of carbonyl (C=O) groups excluding carboxylic acids is 2. The third kappa shape index (κ3) is 4.01. The number of benzene rings is 2. The zero-order chi connectivity index (χ0) is 17.7. The number of methoxy groups -OCH3 is 1. The number of nitrogens with two attached hydrogens (primary N) is 1. The van der Waals surface area contributed by atoms with Gasteiger partial charge in [0, 0.05) is 5.69 Å². The summed E-state index contributed by atoms with van der Waals surface area (Å²) in [4.78, 5) is 24.2. The first-order valence-corrected chi connectivity index (χ1v) is 7.12. The largest absolute Gasteiger partial charge is 0.495 e. The Balaban J connectivity index is 2.04. The second kappa shape index (κ2) is 7.45. The number of rotatable bonds is 5. The summed E-state index contributed by atoms with van der Waals surface area (Å²) < 4.78 is 23.2. The molecule has 2 aromatic carbocycles. The highest BCUT2D eigenvalue weighted by molar-refractivity contribution is 5.99. The van der Waals surface area contributed by atoms with Crippen LogP contribution in [0.3, 0.4) is 0 Å². The molecular formula is C17H17FN2O4. The molecule has 126 valence electrons. The van der Waals surface area contributed by atoms with Crippen molar-refractivity contribution in [3.05, 3.63) is 53.8 Å². The molecule has 0 aromatic heterocycles. The van der Waals surface area contributed by atoms with Crippen molar-refractivity contribution < 1.29 is 23.5 Å². The zero-order valence-electron chi connectivity index (χ0n) is 13.2. The molecule has 0 fully saturated rings. The van der Waals surface area contributed by atoms with Crippen LogP contribution in [0, 0.1) is 5.82 Å². The number of amides is 1. The van der Waals surface area contributed by atoms with Crippen LogP contribution in [0.1, 0.15) is 17.3 Å². The molecule has 0 unspecified atom stereocenters. The van der Waals surface area contributed by atoms with E-state index in [1.165, 1.54) is 20.1 Å². The molecule has 24 heavy (non-hydrogen) atoms. The third-order valence-electron chi connectivity index (χ3n) is 3.25. The Morgan fingerprint density at radius 3 is 2.58 bits per heavy atom. The van der Waals surface area contributed by atoms with E-state index < -0.39 is 23.8 Å². The molecular weight excluding hydrogens is 315 g/mol. The van der Waals surface area contributed by atoms with E-state index in [0.29, 0.717) is 11.4 Å². The SMILES string of the molecule is COc1ccccc1NC(=O)[C@@H](C)OC(=O)c1ccc(F)cc1N. The van der Waals surface area contributed by atoms with Crippen LogP contribution in [0.5, 0.6) is 5.75 Å². The van der Waals surface area contributed by atoms with Crippen molar-refractivity contribution in [2.75, 3.05) is 18.2 Å². The number of esters is 1. The summed E-state index contributed by atoms with van der Waals surface area (Å²) in [6.45, 7) is 1.42. The fraction of sp³-hybridized carbons (Fsp3) is 0.176. The predicted octanol–water partition coefficient (Wildman–Crippen LogP) is 2.60. The summed E-state index contributed by atoms with van der Waals surface area (Å²) in [6.07, 6.45) is -1.08. The van der Waals surface area contributed by atoms with Crippen LogP contribution in [0.25, 0.3) is 0 Å². The van der Waals surface area contributed by atoms with Gasteiger partial charge in [-0.2, -0.15) is 0 Å². The van der Waals surface area contributed by atoms with Crippen LogP contribution in [0.4, 0.5) is 15.8 Å². The lowest BCUT2D eigenvalue weighted by Crippen LogP contribution is -2.30. The molecule has 0 aliphatic carbocycles. The molecule has 2 aromatic rings. The van der Waals surface area contributed by atoms with Crippen LogP contribution in [0.15, 0.2) is 42.5 Å². The van der Waals surface area contributed by atoms with Gasteiger partial charge in [0.1, 0.15) is 11.6 Å². The van der Waals surface area contributed by atoms with Gasteiger partial charge in [0.05, 0.1) is 18.4 Å². The Hall–Kier alpha value is -3.09. The van der Waals surface area contributed by atoms with Gasteiger partial charge in [-0.25, -0.2) is 9.18 Å². The molecule has 2 rings (SSSR count). The highest BCUT2D eigenvalue weighted by Crippen LogP contribution is 2.23. The monoisotopic (exact) mass is 332 g/mol. The Morgan fingerprint density at radius 1 is 1.21 bits per heavy atom. The van der Waals surface area contributed by atoms with Crippen molar-refractivity contribution in [2.24, 2.45) is 0 Å². The Morgan fingerprint density at radius 2 is 1.92 bits per heavy atom. The van der Waals surface area contributed by atoms with E-state index in [2.05, 4.69) is 5.32 Å². The molecule has 0 spiro atoms. The molecule has 7 heteroatoms. The molecule has 6 nitrogen and oxygen atoms in total. The van der Waals surface area contributed by atoms with Crippen molar-refractivity contribution >= 4 is 23.3 Å². The van der Waals surface area contributed by atoms with Gasteiger partial charge in [0.2, 0.25) is 0 Å². The van der Waals surface area contributed by atoms with E-state index in [4.69, 9.17) is 15.2 Å². The molecule has 1 amide bonds. The molecule has 3 N–H and O–H groups in total. The minimum atomic E-state index is -1.08. The van der Waals surface area contributed by atoms with Crippen LogP contribution >= 0.6 is 0 Å². The highest BCUT2D eigenvalue weighted by Gasteiger charge is 2.21. The van der Waals surface area contributed by atoms with Crippen molar-refractivity contribution in [1.29, 1.82) is 0 Å². The van der Waals surface area contributed by atoms with E-state index in [0.717, 1.165) is 12.1 Å². The lowest BCUT2D eigenvalue weighted by Gasteiger charge is -2.15. The molecule has 0 aliphatic heterocycles. The summed E-state index contributed by atoms with van der Waals surface area (Å²) in [5, 5.41) is 2.61. The van der Waals surface area contributed by atoms with E-state index in [9.17, 15) is 14.0 Å². The van der Waals surface area contributed by atoms with Crippen LogP contribution in [-0.2, 0) is 9.53 Å². The van der Waals surface area contributed by atoms with Gasteiger partial charge < -0.3 is 20.5 Å². The molecule has 0 radical (unpaired) electrons. The van der Waals surface area contributed by atoms with Crippen LogP contribution in [-0.4, -0.2) is 25.1 Å². The average molecular weight is 332 g/mol. The number of nitrogens with one attached hydrogen (secondary N) is 1. The van der Waals surface area contributed by atoms with Gasteiger partial charge in [-0.05, 0) is 37.3 Å². The Labute approximate surface area is 138 Å². The number of para-hydroxylation sites is 2. The van der Waals surface area contributed by atoms with Crippen molar-refractivity contribution in [2.45, 2.75) is 13.0 Å². The summed E-state index contributed by atoms with van der Waals surface area (Å²) in [5.74, 6) is -1.43. The maximum atomic E-state index is 13.0. The van der Waals surface area contributed by atoms with E-state index in [-0.39, 0.29) is 11.3 Å². The number of anilines is 2. The number of halogens is 1. The summed E-state index contributed by atoms with van der Waals surface area (Å²) in [6, 6.07) is 10.1. The molecule has 0 saturated carbocycles. The molecule has 0 saturated heterocycles. The van der Waals surface area contributed by atoms with Crippen molar-refractivity contribution in [3.63, 3.8) is 0 Å². The molecule has 1 atom stereocenters. The van der Waals surface area contributed by atoms with Gasteiger partial charge in [-0.1, -0.05) is 12.1 Å². The van der Waals surface area contributed by atoms with Gasteiger partial charge in [0.25, 0.3) is 5.91 Å². The standard InChI is InChI=1S/C17H17FN2O4/c1-10(16(21)20-14-5-3-4-6-15(14)23-2)24-17(22)12-8-7-11(18)9-13(12)19/h3-10H,19H2,1-2H3,(H,20,21)/t10-/m1/s1. The molecule has 0 bridgehead atoms. The van der Waals surface area contributed by atoms with Gasteiger partial charge in [0.15, 0.2) is 6.10 Å². The number of nitrogen functional groups attached to an aromatic ring is 1. The Bertz CT molecular complexity index is 764. The third-order valence-corrected chi connectivity index (χ3v) is 3.25. The lowest BCUT2D eigenvalue weighted by atomic mass is 10.2. The van der Waals surface area contributed by atoms with E-state index >= 15 is 0 Å². The first-order chi connectivity index (χ1) is 11.4. The number of ether oxygens (including phenoxy) is 2. The number of carbonyl (C=O) groups is 2. The first-order valence-electron chi connectivity index (χ1n) is 7.12. The highest BCUT2D eigenvalue weighted by atomic mass is 19.1. The van der Waals surface area contributed by atoms with Gasteiger partial charge in [-0.3, -0.25) is 4.79 Å². The topological polar surface area (TPSA) is 90.6 Å². The summed E-state index contributed by atoms with van der Waals surface area (Å²) in [7, 11) is 1.48. The van der Waals surface area contributed by atoms with E-state index in [1.54, 1.807) is 24.3 Å². The normalized spacial score (nSPS) is 11.5. The number of hydrogen-bond donors (Lipinski definition) is 2. The van der Waals surface area contributed by atoms with Crippen LogP contribution < -0.4 is 15.8 Å². The average Bonchev–Trinajstić information content (AvgIpc) is 2.55. The summed E-state index contributed by atoms with van der Waals surface area (Å²) >= 11 is 0. The minimum Gasteiger partial charge on any atom is -0.495 e. The maximum absolute atomic E-state index is 13.0. The fourth-order valence-electron chi connectivity index (χ4n) is 1.98. The lowest BCUT2D eigenvalue weighted by molar-refractivity contribution is -0.123. The maximum Gasteiger partial charge on any atom is 0.341 e. The predicted molar refractivity (Wildman–Crippen MR) is 87.3 cm³/mol. The van der Waals surface area contributed by atoms with Gasteiger partial charge >= 0.3 is 5.97 Å². The Kier molecular flexibility index (Phi) is 5.36. The van der Waals surface area contributed by atoms with Crippen molar-refractivity contribution in [3.8, 4) is 5.75 Å². The van der Waals surface area contributed by atoms with Gasteiger partial charge in [-0.15, -0.1) is 0 Å². The molecule has 0 heterocycles. The van der Waals surface area contributed by atoms with E-state index in [1.807, 2.05) is 0 Å². The summed E-state index contributed by atoms with van der Waals surface area (Å²) in [5.41, 5.74) is 5.97. The smallest absolute Gasteiger partial charge is 0.341 e. The zero-order valence-corrected chi connectivity index (χ0v) is 13.2. The second-order valence-electron chi connectivity index (χ2n) is 4.97.